The molecule has 92 valence electrons. The summed E-state index contributed by atoms with van der Waals surface area (Å²) >= 11 is 8.09. The van der Waals surface area contributed by atoms with E-state index in [9.17, 15) is 8.42 Å². The predicted molar refractivity (Wildman–Crippen MR) is 75.0 cm³/mol. The van der Waals surface area contributed by atoms with Gasteiger partial charge in [0.05, 0.1) is 8.68 Å². The van der Waals surface area contributed by atoms with E-state index in [-0.39, 0.29) is 0 Å². The zero-order chi connectivity index (χ0) is 12.3. The Bertz CT molecular complexity index is 454. The lowest BCUT2D eigenvalue weighted by atomic mass is 10.3. The Morgan fingerprint density at radius 2 is 2.19 bits per heavy atom. The third-order valence-corrected chi connectivity index (χ3v) is 5.69. The fourth-order valence-electron chi connectivity index (χ4n) is 1.17. The molecule has 7 heteroatoms. The van der Waals surface area contributed by atoms with Crippen molar-refractivity contribution in [3.05, 3.63) is 14.7 Å². The molecule has 0 saturated heterocycles. The van der Waals surface area contributed by atoms with Gasteiger partial charge < -0.3 is 0 Å². The summed E-state index contributed by atoms with van der Waals surface area (Å²) in [6.45, 7) is 4.24. The van der Waals surface area contributed by atoms with E-state index in [1.54, 1.807) is 13.0 Å². The molecule has 0 spiro atoms. The van der Waals surface area contributed by atoms with Crippen LogP contribution in [-0.4, -0.2) is 19.8 Å². The third-order valence-electron chi connectivity index (χ3n) is 1.97. The predicted octanol–water partition coefficient (Wildman–Crippen LogP) is 3.27. The molecule has 0 fully saturated rings. The largest absolute Gasteiger partial charge is 0.241 e. The Labute approximate surface area is 117 Å². The zero-order valence-corrected chi connectivity index (χ0v) is 13.8. The van der Waals surface area contributed by atoms with Gasteiger partial charge in [-0.15, -0.1) is 11.3 Å². The monoisotopic (exact) mass is 389 g/mol. The third kappa shape index (κ3) is 4.10. The molecule has 1 heterocycles. The first-order valence-electron chi connectivity index (χ1n) is 4.72. The molecule has 16 heavy (non-hydrogen) atoms. The second-order valence-corrected chi connectivity index (χ2v) is 9.37. The van der Waals surface area contributed by atoms with Gasteiger partial charge >= 0.3 is 0 Å². The average Bonchev–Trinajstić information content (AvgIpc) is 2.44. The van der Waals surface area contributed by atoms with Crippen LogP contribution in [0.5, 0.6) is 0 Å². The van der Waals surface area contributed by atoms with E-state index in [4.69, 9.17) is 0 Å². The molecule has 0 bridgehead atoms. The van der Waals surface area contributed by atoms with Crippen molar-refractivity contribution in [1.82, 2.24) is 4.72 Å². The molecule has 1 N–H and O–H groups in total. The van der Waals surface area contributed by atoms with Crippen LogP contribution in [0.3, 0.4) is 0 Å². The van der Waals surface area contributed by atoms with Gasteiger partial charge in [-0.25, -0.2) is 13.1 Å². The van der Waals surface area contributed by atoms with E-state index in [0.717, 1.165) is 15.1 Å². The molecule has 1 atom stereocenters. The first kappa shape index (κ1) is 14.6. The summed E-state index contributed by atoms with van der Waals surface area (Å²) < 4.78 is 27.2. The molecule has 0 amide bonds. The van der Waals surface area contributed by atoms with Gasteiger partial charge in [-0.2, -0.15) is 0 Å². The number of thiophene rings is 1. The van der Waals surface area contributed by atoms with E-state index in [1.165, 1.54) is 11.3 Å². The number of aryl methyl sites for hydroxylation is 1. The molecule has 0 radical (unpaired) electrons. The quantitative estimate of drug-likeness (QED) is 0.784. The molecule has 1 aromatic rings. The van der Waals surface area contributed by atoms with Crippen LogP contribution < -0.4 is 4.72 Å². The van der Waals surface area contributed by atoms with E-state index in [2.05, 4.69) is 36.6 Å². The lowest BCUT2D eigenvalue weighted by molar-refractivity contribution is 0.579. The molecule has 1 rings (SSSR count). The van der Waals surface area contributed by atoms with Crippen molar-refractivity contribution in [3.63, 3.8) is 0 Å². The van der Waals surface area contributed by atoms with E-state index < -0.39 is 10.0 Å². The number of nitrogens with one attached hydrogen (secondary N) is 1. The Morgan fingerprint density at radius 3 is 2.62 bits per heavy atom. The van der Waals surface area contributed by atoms with Gasteiger partial charge in [-0.1, -0.05) is 22.9 Å². The molecule has 1 aromatic heterocycles. The minimum absolute atomic E-state index is 0.311. The smallest absolute Gasteiger partial charge is 0.211 e. The van der Waals surface area contributed by atoms with Crippen molar-refractivity contribution in [1.29, 1.82) is 0 Å². The second-order valence-electron chi connectivity index (χ2n) is 3.44. The van der Waals surface area contributed by atoms with Crippen LogP contribution in [0.4, 0.5) is 0 Å². The van der Waals surface area contributed by atoms with Gasteiger partial charge in [0.2, 0.25) is 10.0 Å². The van der Waals surface area contributed by atoms with Gasteiger partial charge in [-0.05, 0) is 35.3 Å². The highest BCUT2D eigenvalue weighted by molar-refractivity contribution is 9.11. The van der Waals surface area contributed by atoms with Crippen LogP contribution in [0.2, 0.25) is 0 Å². The highest BCUT2D eigenvalue weighted by Gasteiger charge is 2.18. The Morgan fingerprint density at radius 1 is 1.56 bits per heavy atom. The second kappa shape index (κ2) is 5.95. The maximum atomic E-state index is 11.9. The maximum absolute atomic E-state index is 11.9. The van der Waals surface area contributed by atoms with Crippen LogP contribution in [0, 0.1) is 6.92 Å². The fraction of sp³-hybridized carbons (Fsp3) is 0.556. The van der Waals surface area contributed by atoms with Crippen LogP contribution >= 0.6 is 43.2 Å². The first-order chi connectivity index (χ1) is 7.33. The molecule has 0 aliphatic rings. The topological polar surface area (TPSA) is 46.2 Å². The van der Waals surface area contributed by atoms with Crippen molar-refractivity contribution in [3.8, 4) is 0 Å². The number of rotatable bonds is 5. The highest BCUT2D eigenvalue weighted by atomic mass is 79.9. The molecule has 0 saturated carbocycles. The maximum Gasteiger partial charge on any atom is 0.241 e. The van der Waals surface area contributed by atoms with Crippen molar-refractivity contribution in [2.45, 2.75) is 30.0 Å². The fourth-order valence-corrected chi connectivity index (χ4v) is 4.86. The Kier molecular flexibility index (Phi) is 5.44. The minimum Gasteiger partial charge on any atom is -0.211 e. The summed E-state index contributed by atoms with van der Waals surface area (Å²) in [4.78, 5) is 1.48. The summed E-state index contributed by atoms with van der Waals surface area (Å²) in [5.41, 5.74) is 0. The normalized spacial score (nSPS) is 14.0. The number of sulfonamides is 1. The lowest BCUT2D eigenvalue weighted by Gasteiger charge is -2.06. The summed E-state index contributed by atoms with van der Waals surface area (Å²) in [5.74, 6) is 0. The first-order valence-corrected chi connectivity index (χ1v) is 8.73. The van der Waals surface area contributed by atoms with Gasteiger partial charge in [0.25, 0.3) is 0 Å². The molecule has 0 aliphatic carbocycles. The summed E-state index contributed by atoms with van der Waals surface area (Å²) in [7, 11) is -3.36. The molecular weight excluding hydrogens is 378 g/mol. The van der Waals surface area contributed by atoms with Crippen LogP contribution in [0.1, 0.15) is 18.2 Å². The standard InChI is InChI=1S/C9H13Br2NO2S2/c1-6(10)3-4-12-16(13,14)8-5-9(11)15-7(8)2/h5-6,12H,3-4H2,1-2H3. The van der Waals surface area contributed by atoms with Crippen LogP contribution in [-0.2, 0) is 10.0 Å². The molecule has 3 nitrogen and oxygen atoms in total. The minimum atomic E-state index is -3.36. The Hall–Kier alpha value is 0.570. The van der Waals surface area contributed by atoms with Gasteiger partial charge in [0.1, 0.15) is 0 Å². The van der Waals surface area contributed by atoms with Gasteiger partial charge in [0.15, 0.2) is 0 Å². The van der Waals surface area contributed by atoms with Gasteiger partial charge in [0, 0.05) is 16.2 Å². The lowest BCUT2D eigenvalue weighted by Crippen LogP contribution is -2.26. The van der Waals surface area contributed by atoms with Crippen molar-refractivity contribution in [2.75, 3.05) is 6.54 Å². The van der Waals surface area contributed by atoms with Gasteiger partial charge in [-0.3, -0.25) is 0 Å². The van der Waals surface area contributed by atoms with Crippen LogP contribution in [0.15, 0.2) is 14.7 Å². The molecule has 0 aliphatic heterocycles. The van der Waals surface area contributed by atoms with Crippen molar-refractivity contribution < 1.29 is 8.42 Å². The van der Waals surface area contributed by atoms with E-state index in [0.29, 0.717) is 16.3 Å². The molecule has 1 unspecified atom stereocenters. The average molecular weight is 391 g/mol. The number of hydrogen-bond acceptors (Lipinski definition) is 3. The van der Waals surface area contributed by atoms with Crippen molar-refractivity contribution in [2.24, 2.45) is 0 Å². The van der Waals surface area contributed by atoms with E-state index >= 15 is 0 Å². The van der Waals surface area contributed by atoms with Crippen LogP contribution in [0.25, 0.3) is 0 Å². The van der Waals surface area contributed by atoms with Crippen molar-refractivity contribution >= 4 is 53.2 Å². The highest BCUT2D eigenvalue weighted by Crippen LogP contribution is 2.29. The summed E-state index contributed by atoms with van der Waals surface area (Å²) in [6.07, 6.45) is 0.767. The number of alkyl halides is 1. The molecule has 0 aromatic carbocycles. The number of hydrogen-bond donors (Lipinski definition) is 1. The zero-order valence-electron chi connectivity index (χ0n) is 8.96. The Balaban J connectivity index is 2.75. The summed E-state index contributed by atoms with van der Waals surface area (Å²) in [5, 5.41) is 0. The summed E-state index contributed by atoms with van der Waals surface area (Å²) in [6, 6.07) is 1.64. The van der Waals surface area contributed by atoms with E-state index in [1.807, 2.05) is 6.92 Å². The molecular formula is C9H13Br2NO2S2. The number of halogens is 2. The SMILES string of the molecule is Cc1sc(Br)cc1S(=O)(=O)NCCC(C)Br.